The Labute approximate surface area is 175 Å². The fourth-order valence-electron chi connectivity index (χ4n) is 4.71. The molecule has 152 valence electrons. The molecule has 5 rings (SSSR count). The van der Waals surface area contributed by atoms with Crippen LogP contribution in [0.5, 0.6) is 0 Å². The molecule has 2 fully saturated rings. The summed E-state index contributed by atoms with van der Waals surface area (Å²) in [6.07, 6.45) is 6.81. The quantitative estimate of drug-likeness (QED) is 0.724. The Morgan fingerprint density at radius 3 is 2.73 bits per heavy atom. The molecule has 7 nitrogen and oxygen atoms in total. The smallest absolute Gasteiger partial charge is 0.251 e. The van der Waals surface area contributed by atoms with Gasteiger partial charge in [0, 0.05) is 43.5 Å². The Morgan fingerprint density at radius 2 is 2.03 bits per heavy atom. The molecule has 0 bridgehead atoms. The summed E-state index contributed by atoms with van der Waals surface area (Å²) < 4.78 is 0. The van der Waals surface area contributed by atoms with Crippen molar-refractivity contribution in [3.8, 4) is 6.07 Å². The molecule has 7 heteroatoms. The highest BCUT2D eigenvalue weighted by atomic mass is 16.1. The van der Waals surface area contributed by atoms with Crippen LogP contribution in [0.2, 0.25) is 0 Å². The average molecular weight is 400 g/mol. The summed E-state index contributed by atoms with van der Waals surface area (Å²) in [4.78, 5) is 28.9. The zero-order chi connectivity index (χ0) is 20.7. The van der Waals surface area contributed by atoms with Gasteiger partial charge < -0.3 is 9.88 Å². The number of anilines is 1. The molecule has 2 atom stereocenters. The molecular weight excluding hydrogens is 376 g/mol. The van der Waals surface area contributed by atoms with Crippen molar-refractivity contribution in [2.24, 2.45) is 0 Å². The lowest BCUT2D eigenvalue weighted by atomic mass is 9.81. The van der Waals surface area contributed by atoms with E-state index in [9.17, 15) is 4.79 Å². The number of aromatic nitrogens is 3. The van der Waals surface area contributed by atoms with Gasteiger partial charge in [0.25, 0.3) is 5.56 Å². The number of fused-ring (bicyclic) bond motifs is 2. The molecule has 1 aliphatic carbocycles. The molecule has 4 heterocycles. The van der Waals surface area contributed by atoms with Crippen LogP contribution in [0, 0.1) is 11.3 Å². The summed E-state index contributed by atoms with van der Waals surface area (Å²) in [7, 11) is 0. The minimum Gasteiger partial charge on any atom is -0.364 e. The topological polar surface area (TPSA) is 88.9 Å². The summed E-state index contributed by atoms with van der Waals surface area (Å²) >= 11 is 0. The van der Waals surface area contributed by atoms with E-state index in [0.29, 0.717) is 24.2 Å². The van der Waals surface area contributed by atoms with E-state index in [1.165, 1.54) is 12.8 Å². The maximum atomic E-state index is 12.2. The predicted octanol–water partition coefficient (Wildman–Crippen LogP) is 2.61. The minimum absolute atomic E-state index is 0.0207. The Kier molecular flexibility index (Phi) is 4.72. The van der Waals surface area contributed by atoms with Gasteiger partial charge in [-0.3, -0.25) is 14.7 Å². The average Bonchev–Trinajstić information content (AvgIpc) is 2.74. The van der Waals surface area contributed by atoms with Gasteiger partial charge in [-0.15, -0.1) is 0 Å². The van der Waals surface area contributed by atoms with Crippen molar-refractivity contribution in [1.29, 1.82) is 5.26 Å². The van der Waals surface area contributed by atoms with Gasteiger partial charge in [0.2, 0.25) is 0 Å². The molecule has 2 aliphatic rings. The second-order valence-corrected chi connectivity index (χ2v) is 8.14. The van der Waals surface area contributed by atoms with Gasteiger partial charge in [-0.05, 0) is 49.1 Å². The highest BCUT2D eigenvalue weighted by Crippen LogP contribution is 2.37. The third-order valence-corrected chi connectivity index (χ3v) is 6.49. The molecule has 0 radical (unpaired) electrons. The summed E-state index contributed by atoms with van der Waals surface area (Å²) in [6, 6.07) is 10.8. The first kappa shape index (κ1) is 18.8. The molecule has 0 unspecified atom stereocenters. The van der Waals surface area contributed by atoms with Crippen molar-refractivity contribution < 1.29 is 0 Å². The minimum atomic E-state index is -0.0207. The second kappa shape index (κ2) is 7.54. The SMILES string of the molecule is CCc1cc2ncc(CN3CCN(c4ccc(C#N)nc4)[C@@H]4CC[C@@H]43)cc2[nH]c1=O. The largest absolute Gasteiger partial charge is 0.364 e. The van der Waals surface area contributed by atoms with Crippen LogP contribution in [0.25, 0.3) is 11.0 Å². The molecule has 1 N–H and O–H groups in total. The van der Waals surface area contributed by atoms with Crippen LogP contribution in [0.3, 0.4) is 0 Å². The van der Waals surface area contributed by atoms with Gasteiger partial charge in [0.15, 0.2) is 0 Å². The fourth-order valence-corrected chi connectivity index (χ4v) is 4.71. The lowest BCUT2D eigenvalue weighted by molar-refractivity contribution is 0.0658. The number of hydrogen-bond acceptors (Lipinski definition) is 6. The maximum Gasteiger partial charge on any atom is 0.251 e. The van der Waals surface area contributed by atoms with Crippen molar-refractivity contribution >= 4 is 16.7 Å². The summed E-state index contributed by atoms with van der Waals surface area (Å²) in [5.41, 5.74) is 5.08. The summed E-state index contributed by atoms with van der Waals surface area (Å²) in [5, 5.41) is 8.97. The monoisotopic (exact) mass is 400 g/mol. The third kappa shape index (κ3) is 3.23. The Balaban J connectivity index is 1.33. The first-order valence-electron chi connectivity index (χ1n) is 10.5. The number of aryl methyl sites for hydroxylation is 1. The Hall–Kier alpha value is -3.24. The molecule has 0 spiro atoms. The van der Waals surface area contributed by atoms with Gasteiger partial charge in [-0.1, -0.05) is 6.92 Å². The van der Waals surface area contributed by atoms with Gasteiger partial charge >= 0.3 is 0 Å². The number of pyridine rings is 3. The van der Waals surface area contributed by atoms with Crippen LogP contribution < -0.4 is 10.5 Å². The van der Waals surface area contributed by atoms with Crippen molar-refractivity contribution in [2.45, 2.75) is 44.8 Å². The number of nitriles is 1. The van der Waals surface area contributed by atoms with Gasteiger partial charge in [-0.2, -0.15) is 5.26 Å². The molecule has 30 heavy (non-hydrogen) atoms. The highest BCUT2D eigenvalue weighted by molar-refractivity contribution is 5.74. The van der Waals surface area contributed by atoms with Crippen LogP contribution in [-0.2, 0) is 13.0 Å². The highest BCUT2D eigenvalue weighted by Gasteiger charge is 2.42. The van der Waals surface area contributed by atoms with Crippen molar-refractivity contribution in [3.63, 3.8) is 0 Å². The zero-order valence-electron chi connectivity index (χ0n) is 17.0. The van der Waals surface area contributed by atoms with Crippen LogP contribution in [0.1, 0.15) is 36.6 Å². The number of hydrogen-bond donors (Lipinski definition) is 1. The predicted molar refractivity (Wildman–Crippen MR) is 115 cm³/mol. The number of nitrogens with one attached hydrogen (secondary N) is 1. The molecule has 1 saturated carbocycles. The van der Waals surface area contributed by atoms with Crippen LogP contribution in [0.4, 0.5) is 5.69 Å². The fraction of sp³-hybridized carbons (Fsp3) is 0.391. The van der Waals surface area contributed by atoms with E-state index in [1.807, 2.05) is 31.5 Å². The lowest BCUT2D eigenvalue weighted by Crippen LogP contribution is -2.64. The number of piperazine rings is 1. The van der Waals surface area contributed by atoms with Crippen LogP contribution >= 0.6 is 0 Å². The van der Waals surface area contributed by atoms with Crippen molar-refractivity contribution in [2.75, 3.05) is 18.0 Å². The number of nitrogens with zero attached hydrogens (tertiary/aromatic N) is 5. The number of aromatic amines is 1. The third-order valence-electron chi connectivity index (χ3n) is 6.49. The van der Waals surface area contributed by atoms with Crippen molar-refractivity contribution in [1.82, 2.24) is 19.9 Å². The molecule has 3 aromatic heterocycles. The summed E-state index contributed by atoms with van der Waals surface area (Å²) in [5.74, 6) is 0. The van der Waals surface area contributed by atoms with E-state index in [-0.39, 0.29) is 5.56 Å². The Morgan fingerprint density at radius 1 is 1.17 bits per heavy atom. The standard InChI is InChI=1S/C23H24N6O/c1-2-16-10-19-20(27-23(16)30)9-15(12-26-19)14-28-7-8-29(22-6-5-21(22)28)18-4-3-17(11-24)25-13-18/h3-4,9-10,12-13,21-22H,2,5-8,14H2,1H3,(H,27,30)/t21-,22+/m0/s1. The molecule has 1 saturated heterocycles. The van der Waals surface area contributed by atoms with E-state index < -0.39 is 0 Å². The normalized spacial score (nSPS) is 21.1. The van der Waals surface area contributed by atoms with Crippen molar-refractivity contribution in [3.05, 3.63) is 63.8 Å². The van der Waals surface area contributed by atoms with E-state index in [1.54, 1.807) is 6.07 Å². The van der Waals surface area contributed by atoms with E-state index >= 15 is 0 Å². The van der Waals surface area contributed by atoms with Crippen LogP contribution in [0.15, 0.2) is 41.5 Å². The summed E-state index contributed by atoms with van der Waals surface area (Å²) in [6.45, 7) is 4.71. The molecule has 3 aromatic rings. The van der Waals surface area contributed by atoms with Crippen LogP contribution in [-0.4, -0.2) is 45.0 Å². The van der Waals surface area contributed by atoms with E-state index in [0.717, 1.165) is 47.5 Å². The first-order chi connectivity index (χ1) is 14.7. The van der Waals surface area contributed by atoms with Gasteiger partial charge in [-0.25, -0.2) is 4.98 Å². The molecule has 1 aliphatic heterocycles. The zero-order valence-corrected chi connectivity index (χ0v) is 17.0. The Bertz CT molecular complexity index is 1180. The first-order valence-corrected chi connectivity index (χ1v) is 10.5. The molecule has 0 aromatic carbocycles. The maximum absolute atomic E-state index is 12.2. The molecule has 0 amide bonds. The van der Waals surface area contributed by atoms with Gasteiger partial charge in [0.05, 0.1) is 22.9 Å². The second-order valence-electron chi connectivity index (χ2n) is 8.14. The number of H-pyrrole nitrogens is 1. The molecular formula is C23H24N6O. The van der Waals surface area contributed by atoms with E-state index in [2.05, 4.69) is 36.9 Å². The number of rotatable bonds is 4. The van der Waals surface area contributed by atoms with Gasteiger partial charge in [0.1, 0.15) is 11.8 Å². The lowest BCUT2D eigenvalue weighted by Gasteiger charge is -2.54. The van der Waals surface area contributed by atoms with E-state index in [4.69, 9.17) is 5.26 Å².